The molecule has 3 N–H and O–H groups in total. The summed E-state index contributed by atoms with van der Waals surface area (Å²) in [6.45, 7) is 6.33. The van der Waals surface area contributed by atoms with Gasteiger partial charge in [0.2, 0.25) is 5.95 Å². The summed E-state index contributed by atoms with van der Waals surface area (Å²) < 4.78 is 27.5. The minimum absolute atomic E-state index is 0.257. The van der Waals surface area contributed by atoms with Gasteiger partial charge in [-0.1, -0.05) is 13.0 Å². The lowest BCUT2D eigenvalue weighted by Gasteiger charge is -2.20. The highest BCUT2D eigenvalue weighted by molar-refractivity contribution is 5.56. The molecule has 0 amide bonds. The Morgan fingerprint density at radius 2 is 1.96 bits per heavy atom. The van der Waals surface area contributed by atoms with Crippen LogP contribution in [0.4, 0.5) is 20.4 Å². The molecule has 1 fully saturated rings. The van der Waals surface area contributed by atoms with Crippen LogP contribution in [0, 0.1) is 13.8 Å². The maximum absolute atomic E-state index is 13.8. The molecule has 140 valence electrons. The van der Waals surface area contributed by atoms with Crippen LogP contribution >= 0.6 is 0 Å². The molecule has 0 bridgehead atoms. The van der Waals surface area contributed by atoms with Crippen molar-refractivity contribution in [3.63, 3.8) is 0 Å². The summed E-state index contributed by atoms with van der Waals surface area (Å²) in [5.74, 6) is -2.26. The second-order valence-electron chi connectivity index (χ2n) is 6.85. The van der Waals surface area contributed by atoms with Gasteiger partial charge in [-0.2, -0.15) is 0 Å². The van der Waals surface area contributed by atoms with Gasteiger partial charge in [-0.3, -0.25) is 0 Å². The summed E-state index contributed by atoms with van der Waals surface area (Å²) in [5.41, 5.74) is 4.91. The highest BCUT2D eigenvalue weighted by atomic mass is 19.3. The maximum atomic E-state index is 13.8. The first-order valence-corrected chi connectivity index (χ1v) is 8.89. The highest BCUT2D eigenvalue weighted by Crippen LogP contribution is 2.23. The van der Waals surface area contributed by atoms with E-state index in [0.29, 0.717) is 5.95 Å². The van der Waals surface area contributed by atoms with Crippen molar-refractivity contribution in [1.29, 1.82) is 0 Å². The van der Waals surface area contributed by atoms with E-state index in [-0.39, 0.29) is 19.6 Å². The third-order valence-corrected chi connectivity index (χ3v) is 4.55. The van der Waals surface area contributed by atoms with E-state index < -0.39 is 12.0 Å². The zero-order chi connectivity index (χ0) is 18.7. The lowest BCUT2D eigenvalue weighted by atomic mass is 10.1. The van der Waals surface area contributed by atoms with Crippen LogP contribution in [0.2, 0.25) is 0 Å². The normalized spacial score (nSPS) is 18.9. The van der Waals surface area contributed by atoms with Gasteiger partial charge >= 0.3 is 0 Å². The van der Waals surface area contributed by atoms with Gasteiger partial charge in [0, 0.05) is 25.0 Å². The number of nitrogens with zero attached hydrogens (tertiary/aromatic N) is 2. The van der Waals surface area contributed by atoms with E-state index in [0.717, 1.165) is 34.5 Å². The molecule has 7 heteroatoms. The van der Waals surface area contributed by atoms with Gasteiger partial charge < -0.3 is 16.0 Å². The van der Waals surface area contributed by atoms with E-state index in [1.807, 2.05) is 32.9 Å². The average molecular weight is 361 g/mol. The third kappa shape index (κ3) is 4.34. The molecular weight excluding hydrogens is 336 g/mol. The van der Waals surface area contributed by atoms with Crippen LogP contribution in [-0.2, 0) is 13.0 Å². The Morgan fingerprint density at radius 1 is 1.23 bits per heavy atom. The molecule has 0 radical (unpaired) electrons. The van der Waals surface area contributed by atoms with Gasteiger partial charge in [0.05, 0.1) is 18.3 Å². The molecule has 0 aliphatic carbocycles. The number of aryl methyl sites for hydroxylation is 3. The van der Waals surface area contributed by atoms with Crippen LogP contribution in [0.3, 0.4) is 0 Å². The van der Waals surface area contributed by atoms with Gasteiger partial charge in [0.25, 0.3) is 5.92 Å². The van der Waals surface area contributed by atoms with Crippen LogP contribution in [0.15, 0.2) is 24.4 Å². The molecule has 1 aromatic carbocycles. The van der Waals surface area contributed by atoms with E-state index in [1.54, 1.807) is 6.20 Å². The third-order valence-electron chi connectivity index (χ3n) is 4.55. The largest absolute Gasteiger partial charge is 0.324 e. The maximum Gasteiger partial charge on any atom is 0.276 e. The Bertz CT molecular complexity index is 758. The zero-order valence-electron chi connectivity index (χ0n) is 15.4. The Kier molecular flexibility index (Phi) is 5.48. The number of alkyl halides is 2. The smallest absolute Gasteiger partial charge is 0.276 e. The van der Waals surface area contributed by atoms with Crippen LogP contribution in [0.5, 0.6) is 0 Å². The average Bonchev–Trinajstić information content (AvgIpc) is 2.90. The van der Waals surface area contributed by atoms with E-state index in [2.05, 4.69) is 32.0 Å². The lowest BCUT2D eigenvalue weighted by molar-refractivity contribution is -0.00384. The van der Waals surface area contributed by atoms with Crippen molar-refractivity contribution in [2.75, 3.05) is 18.4 Å². The molecule has 1 aliphatic heterocycles. The minimum Gasteiger partial charge on any atom is -0.324 e. The first-order valence-electron chi connectivity index (χ1n) is 8.89. The molecule has 3 rings (SSSR count). The predicted octanol–water partition coefficient (Wildman–Crippen LogP) is 3.10. The van der Waals surface area contributed by atoms with Crippen LogP contribution in [0.25, 0.3) is 0 Å². The van der Waals surface area contributed by atoms with Crippen molar-refractivity contribution >= 4 is 11.6 Å². The SMILES string of the molecule is CCc1cnc(Nc2cc(C)cc(C)c2)nc1CNC1CNCC1(F)F. The highest BCUT2D eigenvalue weighted by Gasteiger charge is 2.43. The fraction of sp³-hybridized carbons (Fsp3) is 0.474. The van der Waals surface area contributed by atoms with Crippen LogP contribution in [-0.4, -0.2) is 35.0 Å². The number of anilines is 2. The van der Waals surface area contributed by atoms with E-state index in [9.17, 15) is 8.78 Å². The van der Waals surface area contributed by atoms with Crippen molar-refractivity contribution in [1.82, 2.24) is 20.6 Å². The van der Waals surface area contributed by atoms with Crippen molar-refractivity contribution in [3.05, 3.63) is 46.8 Å². The standard InChI is InChI=1S/C19H25F2N5/c1-4-14-8-24-18(25-15-6-12(2)5-13(3)7-15)26-16(14)9-23-17-10-22-11-19(17,20)21/h5-8,17,22-23H,4,9-11H2,1-3H3,(H,24,25,26). The molecule has 0 spiro atoms. The van der Waals surface area contributed by atoms with Crippen molar-refractivity contribution in [3.8, 4) is 0 Å². The lowest BCUT2D eigenvalue weighted by Crippen LogP contribution is -2.43. The summed E-state index contributed by atoms with van der Waals surface area (Å²) in [6.07, 6.45) is 2.51. The monoisotopic (exact) mass is 361 g/mol. The molecule has 1 saturated heterocycles. The minimum atomic E-state index is -2.74. The Morgan fingerprint density at radius 3 is 2.58 bits per heavy atom. The van der Waals surface area contributed by atoms with Crippen LogP contribution < -0.4 is 16.0 Å². The van der Waals surface area contributed by atoms with Crippen LogP contribution in [0.1, 0.15) is 29.3 Å². The van der Waals surface area contributed by atoms with Crippen molar-refractivity contribution in [2.24, 2.45) is 0 Å². The Hall–Kier alpha value is -2.12. The molecular formula is C19H25F2N5. The van der Waals surface area contributed by atoms with E-state index in [1.165, 1.54) is 0 Å². The molecule has 1 unspecified atom stereocenters. The van der Waals surface area contributed by atoms with E-state index >= 15 is 0 Å². The summed E-state index contributed by atoms with van der Waals surface area (Å²) in [7, 11) is 0. The second-order valence-corrected chi connectivity index (χ2v) is 6.85. The zero-order valence-corrected chi connectivity index (χ0v) is 15.4. The number of benzene rings is 1. The van der Waals surface area contributed by atoms with Crippen molar-refractivity contribution < 1.29 is 8.78 Å². The van der Waals surface area contributed by atoms with Gasteiger partial charge in [0.15, 0.2) is 0 Å². The Balaban J connectivity index is 1.75. The topological polar surface area (TPSA) is 61.9 Å². The summed E-state index contributed by atoms with van der Waals surface area (Å²) in [6, 6.07) is 5.26. The number of aromatic nitrogens is 2. The number of halogens is 2. The number of nitrogens with one attached hydrogen (secondary N) is 3. The molecule has 2 heterocycles. The summed E-state index contributed by atoms with van der Waals surface area (Å²) in [5, 5.41) is 8.88. The fourth-order valence-corrected chi connectivity index (χ4v) is 3.22. The van der Waals surface area contributed by atoms with Crippen molar-refractivity contribution in [2.45, 2.75) is 45.7 Å². The predicted molar refractivity (Wildman–Crippen MR) is 99.1 cm³/mol. The molecule has 1 atom stereocenters. The second kappa shape index (κ2) is 7.63. The Labute approximate surface area is 152 Å². The molecule has 0 saturated carbocycles. The molecule has 2 aromatic rings. The molecule has 5 nitrogen and oxygen atoms in total. The summed E-state index contributed by atoms with van der Waals surface area (Å²) >= 11 is 0. The molecule has 1 aromatic heterocycles. The molecule has 1 aliphatic rings. The quantitative estimate of drug-likeness (QED) is 0.738. The van der Waals surface area contributed by atoms with Gasteiger partial charge in [-0.25, -0.2) is 18.7 Å². The van der Waals surface area contributed by atoms with Gasteiger partial charge in [-0.15, -0.1) is 0 Å². The fourth-order valence-electron chi connectivity index (χ4n) is 3.22. The first kappa shape index (κ1) is 18.7. The number of hydrogen-bond donors (Lipinski definition) is 3. The van der Waals surface area contributed by atoms with E-state index in [4.69, 9.17) is 0 Å². The number of rotatable bonds is 6. The first-order chi connectivity index (χ1) is 12.4. The van der Waals surface area contributed by atoms with Gasteiger partial charge in [0.1, 0.15) is 0 Å². The summed E-state index contributed by atoms with van der Waals surface area (Å²) in [4.78, 5) is 8.92. The number of hydrogen-bond acceptors (Lipinski definition) is 5. The molecule has 26 heavy (non-hydrogen) atoms. The van der Waals surface area contributed by atoms with Gasteiger partial charge in [-0.05, 0) is 49.1 Å².